The highest BCUT2D eigenvalue weighted by Crippen LogP contribution is 2.14. The highest BCUT2D eigenvalue weighted by Gasteiger charge is 2.08. The molecular weight excluding hydrogens is 206 g/mol. The van der Waals surface area contributed by atoms with E-state index in [-0.39, 0.29) is 0 Å². The Bertz CT molecular complexity index is 461. The molecule has 0 bridgehead atoms. The molecule has 0 aromatic carbocycles. The van der Waals surface area contributed by atoms with Gasteiger partial charge < -0.3 is 5.11 Å². The third kappa shape index (κ3) is 2.27. The number of hydrogen-bond donors (Lipinski definition) is 1. The molecule has 6 heteroatoms. The van der Waals surface area contributed by atoms with Crippen molar-refractivity contribution in [1.82, 2.24) is 24.8 Å². The van der Waals surface area contributed by atoms with Gasteiger partial charge in [-0.25, -0.2) is 0 Å². The predicted octanol–water partition coefficient (Wildman–Crippen LogP) is 0.503. The first-order valence-corrected chi connectivity index (χ1v) is 5.24. The monoisotopic (exact) mass is 221 g/mol. The lowest BCUT2D eigenvalue weighted by molar-refractivity contribution is 0.173. The van der Waals surface area contributed by atoms with Crippen molar-refractivity contribution in [2.75, 3.05) is 0 Å². The van der Waals surface area contributed by atoms with E-state index in [1.807, 2.05) is 26.4 Å². The van der Waals surface area contributed by atoms with Crippen LogP contribution in [0.2, 0.25) is 0 Å². The normalized spacial score (nSPS) is 12.9. The van der Waals surface area contributed by atoms with Crippen molar-refractivity contribution >= 4 is 0 Å². The van der Waals surface area contributed by atoms with Crippen LogP contribution < -0.4 is 0 Å². The molecule has 0 saturated heterocycles. The largest absolute Gasteiger partial charge is 0.388 e. The lowest BCUT2D eigenvalue weighted by Gasteiger charge is -2.02. The van der Waals surface area contributed by atoms with Crippen molar-refractivity contribution in [2.45, 2.75) is 26.0 Å². The fraction of sp³-hybridized carbons (Fsp3) is 0.500. The molecule has 0 aliphatic carbocycles. The summed E-state index contributed by atoms with van der Waals surface area (Å²) in [6.45, 7) is 2.51. The first kappa shape index (κ1) is 10.8. The van der Waals surface area contributed by atoms with E-state index in [4.69, 9.17) is 0 Å². The van der Waals surface area contributed by atoms with Gasteiger partial charge in [-0.2, -0.15) is 5.10 Å². The van der Waals surface area contributed by atoms with Crippen LogP contribution >= 0.6 is 0 Å². The molecule has 2 aromatic heterocycles. The van der Waals surface area contributed by atoms with Crippen LogP contribution in [0.3, 0.4) is 0 Å². The summed E-state index contributed by atoms with van der Waals surface area (Å²) in [5, 5.41) is 21.6. The summed E-state index contributed by atoms with van der Waals surface area (Å²) in [5.74, 6) is 0. The van der Waals surface area contributed by atoms with Crippen molar-refractivity contribution in [3.63, 3.8) is 0 Å². The summed E-state index contributed by atoms with van der Waals surface area (Å²) in [6.07, 6.45) is 5.62. The zero-order valence-electron chi connectivity index (χ0n) is 9.41. The number of aliphatic hydroxyl groups is 1. The molecule has 0 fully saturated rings. The summed E-state index contributed by atoms with van der Waals surface area (Å²) in [6, 6.07) is 0. The fourth-order valence-corrected chi connectivity index (χ4v) is 1.51. The van der Waals surface area contributed by atoms with Gasteiger partial charge in [0.05, 0.1) is 18.8 Å². The molecule has 2 heterocycles. The predicted molar refractivity (Wildman–Crippen MR) is 57.6 cm³/mol. The molecule has 2 aromatic rings. The first-order valence-electron chi connectivity index (χ1n) is 5.24. The second-order valence-electron chi connectivity index (χ2n) is 3.78. The van der Waals surface area contributed by atoms with Crippen LogP contribution in [0.4, 0.5) is 0 Å². The molecule has 0 radical (unpaired) electrons. The van der Waals surface area contributed by atoms with E-state index in [1.165, 1.54) is 0 Å². The molecule has 16 heavy (non-hydrogen) atoms. The molecule has 6 nitrogen and oxygen atoms in total. The van der Waals surface area contributed by atoms with Gasteiger partial charge in [0.1, 0.15) is 5.69 Å². The van der Waals surface area contributed by atoms with E-state index in [9.17, 15) is 5.11 Å². The van der Waals surface area contributed by atoms with E-state index >= 15 is 0 Å². The van der Waals surface area contributed by atoms with Gasteiger partial charge in [0, 0.05) is 25.0 Å². The topological polar surface area (TPSA) is 68.8 Å². The van der Waals surface area contributed by atoms with E-state index in [0.717, 1.165) is 11.3 Å². The summed E-state index contributed by atoms with van der Waals surface area (Å²) in [7, 11) is 1.83. The van der Waals surface area contributed by atoms with Gasteiger partial charge in [-0.05, 0) is 6.42 Å². The van der Waals surface area contributed by atoms with Gasteiger partial charge in [-0.3, -0.25) is 9.36 Å². The number of aliphatic hydroxyl groups excluding tert-OH is 1. The van der Waals surface area contributed by atoms with E-state index in [1.54, 1.807) is 15.6 Å². The van der Waals surface area contributed by atoms with Gasteiger partial charge in [-0.15, -0.1) is 5.10 Å². The van der Waals surface area contributed by atoms with Crippen LogP contribution in [-0.2, 0) is 13.6 Å². The smallest absolute Gasteiger partial charge is 0.104 e. The van der Waals surface area contributed by atoms with Crippen LogP contribution in [0.1, 0.15) is 30.7 Å². The van der Waals surface area contributed by atoms with E-state index < -0.39 is 6.10 Å². The SMILES string of the molecule is CCC(O)c1cnn(Cc2cn(C)nn2)c1. The zero-order chi connectivity index (χ0) is 11.5. The van der Waals surface area contributed by atoms with Crippen molar-refractivity contribution in [3.05, 3.63) is 29.8 Å². The summed E-state index contributed by atoms with van der Waals surface area (Å²) >= 11 is 0. The Morgan fingerprint density at radius 3 is 2.88 bits per heavy atom. The lowest BCUT2D eigenvalue weighted by atomic mass is 10.2. The maximum absolute atomic E-state index is 9.63. The summed E-state index contributed by atoms with van der Waals surface area (Å²) in [4.78, 5) is 0. The van der Waals surface area contributed by atoms with Crippen LogP contribution in [-0.4, -0.2) is 29.9 Å². The Labute approximate surface area is 93.5 Å². The molecule has 0 aliphatic rings. The third-order valence-electron chi connectivity index (χ3n) is 2.40. The average Bonchev–Trinajstić information content (AvgIpc) is 2.87. The molecule has 0 saturated carbocycles. The minimum atomic E-state index is -0.435. The lowest BCUT2D eigenvalue weighted by Crippen LogP contribution is -2.00. The van der Waals surface area contributed by atoms with Gasteiger partial charge in [0.2, 0.25) is 0 Å². The highest BCUT2D eigenvalue weighted by molar-refractivity contribution is 5.08. The molecular formula is C10H15N5O. The van der Waals surface area contributed by atoms with Crippen LogP contribution in [0.15, 0.2) is 18.6 Å². The Kier molecular flexibility index (Phi) is 3.00. The van der Waals surface area contributed by atoms with Gasteiger partial charge in [0.25, 0.3) is 0 Å². The van der Waals surface area contributed by atoms with Crippen molar-refractivity contribution in [1.29, 1.82) is 0 Å². The quantitative estimate of drug-likeness (QED) is 0.816. The van der Waals surface area contributed by atoms with Gasteiger partial charge in [-0.1, -0.05) is 12.1 Å². The first-order chi connectivity index (χ1) is 7.69. The molecule has 1 N–H and O–H groups in total. The standard InChI is InChI=1S/C10H15N5O/c1-3-10(16)8-4-11-15(5-8)7-9-6-14(2)13-12-9/h4-6,10,16H,3,7H2,1-2H3. The Morgan fingerprint density at radius 2 is 2.25 bits per heavy atom. The maximum atomic E-state index is 9.63. The van der Waals surface area contributed by atoms with Crippen molar-refractivity contribution in [3.8, 4) is 0 Å². The molecule has 86 valence electrons. The minimum absolute atomic E-state index is 0.435. The Morgan fingerprint density at radius 1 is 1.44 bits per heavy atom. The molecule has 1 atom stereocenters. The second-order valence-corrected chi connectivity index (χ2v) is 3.78. The minimum Gasteiger partial charge on any atom is -0.388 e. The van der Waals surface area contributed by atoms with Crippen LogP contribution in [0.25, 0.3) is 0 Å². The molecule has 1 unspecified atom stereocenters. The third-order valence-corrected chi connectivity index (χ3v) is 2.40. The Hall–Kier alpha value is -1.69. The van der Waals surface area contributed by atoms with E-state index in [2.05, 4.69) is 15.4 Å². The number of aromatic nitrogens is 5. The van der Waals surface area contributed by atoms with Crippen LogP contribution in [0, 0.1) is 0 Å². The summed E-state index contributed by atoms with van der Waals surface area (Å²) < 4.78 is 3.40. The molecule has 0 aliphatic heterocycles. The van der Waals surface area contributed by atoms with Crippen LogP contribution in [0.5, 0.6) is 0 Å². The molecule has 2 rings (SSSR count). The van der Waals surface area contributed by atoms with Gasteiger partial charge >= 0.3 is 0 Å². The van der Waals surface area contributed by atoms with E-state index in [0.29, 0.717) is 13.0 Å². The fourth-order valence-electron chi connectivity index (χ4n) is 1.51. The Balaban J connectivity index is 2.08. The maximum Gasteiger partial charge on any atom is 0.104 e. The molecule has 0 spiro atoms. The number of nitrogens with zero attached hydrogens (tertiary/aromatic N) is 5. The number of hydrogen-bond acceptors (Lipinski definition) is 4. The number of aryl methyl sites for hydroxylation is 1. The highest BCUT2D eigenvalue weighted by atomic mass is 16.3. The number of rotatable bonds is 4. The van der Waals surface area contributed by atoms with Crippen molar-refractivity contribution < 1.29 is 5.11 Å². The zero-order valence-corrected chi connectivity index (χ0v) is 9.41. The van der Waals surface area contributed by atoms with Gasteiger partial charge in [0.15, 0.2) is 0 Å². The summed E-state index contributed by atoms with van der Waals surface area (Å²) in [5.41, 5.74) is 1.69. The second kappa shape index (κ2) is 4.44. The molecule has 0 amide bonds. The average molecular weight is 221 g/mol. The van der Waals surface area contributed by atoms with Crippen molar-refractivity contribution in [2.24, 2.45) is 7.05 Å².